The molecule has 0 saturated carbocycles. The smallest absolute Gasteiger partial charge is 0.0534 e. The van der Waals surface area contributed by atoms with Crippen LogP contribution < -0.4 is 5.32 Å². The number of nitrogens with zero attached hydrogens (tertiary/aromatic N) is 2. The van der Waals surface area contributed by atoms with Crippen molar-refractivity contribution in [1.82, 2.24) is 15.1 Å². The molecule has 0 aliphatic rings. The van der Waals surface area contributed by atoms with Gasteiger partial charge in [-0.15, -0.1) is 11.6 Å². The standard InChI is InChI=1S/C11H20ClN3/c1-11(2,4-5-12)9-13-6-10-7-14-15(3)8-10/h7-8,13H,4-6,9H2,1-3H3. The minimum Gasteiger partial charge on any atom is -0.312 e. The van der Waals surface area contributed by atoms with E-state index in [1.54, 1.807) is 0 Å². The van der Waals surface area contributed by atoms with Crippen molar-refractivity contribution >= 4 is 11.6 Å². The van der Waals surface area contributed by atoms with Crippen molar-refractivity contribution in [2.24, 2.45) is 12.5 Å². The van der Waals surface area contributed by atoms with Gasteiger partial charge in [0.1, 0.15) is 0 Å². The molecule has 86 valence electrons. The molecule has 0 bridgehead atoms. The zero-order valence-electron chi connectivity index (χ0n) is 9.76. The van der Waals surface area contributed by atoms with E-state index in [1.807, 2.05) is 24.1 Å². The van der Waals surface area contributed by atoms with Crippen LogP contribution in [0.3, 0.4) is 0 Å². The van der Waals surface area contributed by atoms with E-state index >= 15 is 0 Å². The van der Waals surface area contributed by atoms with Gasteiger partial charge in [0.25, 0.3) is 0 Å². The maximum atomic E-state index is 5.74. The maximum Gasteiger partial charge on any atom is 0.0534 e. The van der Waals surface area contributed by atoms with Crippen molar-refractivity contribution in [2.45, 2.75) is 26.8 Å². The lowest BCUT2D eigenvalue weighted by atomic mass is 9.90. The molecule has 0 spiro atoms. The van der Waals surface area contributed by atoms with Gasteiger partial charge in [-0.2, -0.15) is 5.10 Å². The van der Waals surface area contributed by atoms with E-state index in [-0.39, 0.29) is 5.41 Å². The third-order valence-electron chi connectivity index (χ3n) is 2.46. The SMILES string of the molecule is Cn1cc(CNCC(C)(C)CCCl)cn1. The van der Waals surface area contributed by atoms with Crippen molar-refractivity contribution in [2.75, 3.05) is 12.4 Å². The Balaban J connectivity index is 2.27. The molecule has 4 heteroatoms. The van der Waals surface area contributed by atoms with Crippen LogP contribution in [0.4, 0.5) is 0 Å². The molecule has 0 atom stereocenters. The van der Waals surface area contributed by atoms with E-state index in [9.17, 15) is 0 Å². The molecule has 0 aliphatic heterocycles. The third kappa shape index (κ3) is 4.67. The highest BCUT2D eigenvalue weighted by Gasteiger charge is 2.16. The number of nitrogens with one attached hydrogen (secondary N) is 1. The molecular weight excluding hydrogens is 210 g/mol. The van der Waals surface area contributed by atoms with E-state index in [4.69, 9.17) is 11.6 Å². The quantitative estimate of drug-likeness (QED) is 0.758. The van der Waals surface area contributed by atoms with Crippen LogP contribution in [0, 0.1) is 5.41 Å². The van der Waals surface area contributed by atoms with Gasteiger partial charge >= 0.3 is 0 Å². The average molecular weight is 230 g/mol. The first kappa shape index (κ1) is 12.5. The lowest BCUT2D eigenvalue weighted by Gasteiger charge is -2.23. The highest BCUT2D eigenvalue weighted by atomic mass is 35.5. The molecule has 15 heavy (non-hydrogen) atoms. The number of halogens is 1. The van der Waals surface area contributed by atoms with Crippen molar-refractivity contribution in [3.63, 3.8) is 0 Å². The summed E-state index contributed by atoms with van der Waals surface area (Å²) in [5.74, 6) is 0.724. The second kappa shape index (κ2) is 5.52. The predicted molar refractivity (Wildman–Crippen MR) is 64.0 cm³/mol. The Bertz CT molecular complexity index is 294. The number of rotatable bonds is 6. The third-order valence-corrected chi connectivity index (χ3v) is 2.65. The van der Waals surface area contributed by atoms with E-state index in [2.05, 4.69) is 24.3 Å². The highest BCUT2D eigenvalue weighted by Crippen LogP contribution is 2.19. The predicted octanol–water partition coefficient (Wildman–Crippen LogP) is 2.16. The molecule has 0 saturated heterocycles. The lowest BCUT2D eigenvalue weighted by molar-refractivity contribution is 0.329. The Hall–Kier alpha value is -0.540. The van der Waals surface area contributed by atoms with Crippen LogP contribution in [0.25, 0.3) is 0 Å². The Morgan fingerprint density at radius 3 is 2.80 bits per heavy atom. The summed E-state index contributed by atoms with van der Waals surface area (Å²) in [6.07, 6.45) is 4.96. The second-order valence-electron chi connectivity index (χ2n) is 4.73. The van der Waals surface area contributed by atoms with Crippen LogP contribution in [0.1, 0.15) is 25.8 Å². The van der Waals surface area contributed by atoms with Crippen molar-refractivity contribution in [3.8, 4) is 0 Å². The lowest BCUT2D eigenvalue weighted by Crippen LogP contribution is -2.29. The van der Waals surface area contributed by atoms with Crippen LogP contribution in [-0.2, 0) is 13.6 Å². The van der Waals surface area contributed by atoms with Crippen LogP contribution in [-0.4, -0.2) is 22.2 Å². The van der Waals surface area contributed by atoms with Crippen molar-refractivity contribution < 1.29 is 0 Å². The largest absolute Gasteiger partial charge is 0.312 e. The van der Waals surface area contributed by atoms with E-state index in [0.717, 1.165) is 25.4 Å². The Morgan fingerprint density at radius 1 is 1.53 bits per heavy atom. The molecule has 0 radical (unpaired) electrons. The fourth-order valence-corrected chi connectivity index (χ4v) is 1.96. The summed E-state index contributed by atoms with van der Waals surface area (Å²) < 4.78 is 1.82. The summed E-state index contributed by atoms with van der Waals surface area (Å²) in [7, 11) is 1.93. The van der Waals surface area contributed by atoms with Crippen molar-refractivity contribution in [1.29, 1.82) is 0 Å². The molecule has 0 fully saturated rings. The van der Waals surface area contributed by atoms with Crippen molar-refractivity contribution in [3.05, 3.63) is 18.0 Å². The summed E-state index contributed by atoms with van der Waals surface area (Å²) in [6.45, 7) is 6.31. The molecule has 0 aromatic carbocycles. The number of aromatic nitrogens is 2. The Labute approximate surface area is 96.8 Å². The minimum absolute atomic E-state index is 0.268. The molecule has 0 aliphatic carbocycles. The van der Waals surface area contributed by atoms with Gasteiger partial charge in [0.2, 0.25) is 0 Å². The summed E-state index contributed by atoms with van der Waals surface area (Å²) in [5.41, 5.74) is 1.49. The van der Waals surface area contributed by atoms with Gasteiger partial charge in [0.15, 0.2) is 0 Å². The zero-order chi connectivity index (χ0) is 11.3. The molecule has 3 nitrogen and oxygen atoms in total. The number of hydrogen-bond donors (Lipinski definition) is 1. The first-order valence-corrected chi connectivity index (χ1v) is 5.81. The van der Waals surface area contributed by atoms with Crippen LogP contribution in [0.5, 0.6) is 0 Å². The second-order valence-corrected chi connectivity index (χ2v) is 5.11. The highest BCUT2D eigenvalue weighted by molar-refractivity contribution is 6.17. The topological polar surface area (TPSA) is 29.9 Å². The normalized spacial score (nSPS) is 12.0. The van der Waals surface area contributed by atoms with Gasteiger partial charge in [-0.3, -0.25) is 4.68 Å². The van der Waals surface area contributed by atoms with Crippen LogP contribution >= 0.6 is 11.6 Å². The molecular formula is C11H20ClN3. The molecule has 1 rings (SSSR count). The van der Waals surface area contributed by atoms with Gasteiger partial charge in [0, 0.05) is 37.8 Å². The molecule has 0 unspecified atom stereocenters. The summed E-state index contributed by atoms with van der Waals surface area (Å²) >= 11 is 5.74. The first-order chi connectivity index (χ1) is 7.03. The van der Waals surface area contributed by atoms with Crippen LogP contribution in [0.2, 0.25) is 0 Å². The van der Waals surface area contributed by atoms with E-state index in [0.29, 0.717) is 0 Å². The average Bonchev–Trinajstić information content (AvgIpc) is 2.51. The fourth-order valence-electron chi connectivity index (χ4n) is 1.45. The minimum atomic E-state index is 0.268. The molecule has 1 heterocycles. The zero-order valence-corrected chi connectivity index (χ0v) is 10.5. The van der Waals surface area contributed by atoms with E-state index in [1.165, 1.54) is 5.56 Å². The monoisotopic (exact) mass is 229 g/mol. The summed E-state index contributed by atoms with van der Waals surface area (Å²) in [6, 6.07) is 0. The summed E-state index contributed by atoms with van der Waals surface area (Å²) in [5, 5.41) is 7.55. The fraction of sp³-hybridized carbons (Fsp3) is 0.727. The summed E-state index contributed by atoms with van der Waals surface area (Å²) in [4.78, 5) is 0. The van der Waals surface area contributed by atoms with Gasteiger partial charge in [-0.05, 0) is 11.8 Å². The number of hydrogen-bond acceptors (Lipinski definition) is 2. The first-order valence-electron chi connectivity index (χ1n) is 5.28. The molecule has 1 aromatic heterocycles. The van der Waals surface area contributed by atoms with Gasteiger partial charge in [-0.1, -0.05) is 13.8 Å². The van der Waals surface area contributed by atoms with Gasteiger partial charge in [-0.25, -0.2) is 0 Å². The van der Waals surface area contributed by atoms with Gasteiger partial charge in [0.05, 0.1) is 6.20 Å². The molecule has 1 N–H and O–H groups in total. The Kier molecular flexibility index (Phi) is 4.61. The maximum absolute atomic E-state index is 5.74. The molecule has 0 amide bonds. The number of alkyl halides is 1. The Morgan fingerprint density at radius 2 is 2.27 bits per heavy atom. The van der Waals surface area contributed by atoms with Gasteiger partial charge < -0.3 is 5.32 Å². The number of aryl methyl sites for hydroxylation is 1. The van der Waals surface area contributed by atoms with E-state index < -0.39 is 0 Å². The van der Waals surface area contributed by atoms with Crippen LogP contribution in [0.15, 0.2) is 12.4 Å². The molecule has 1 aromatic rings.